The van der Waals surface area contributed by atoms with Gasteiger partial charge in [-0.15, -0.1) is 0 Å². The summed E-state index contributed by atoms with van der Waals surface area (Å²) in [4.78, 5) is 12.7. The SMILES string of the molecule is CC(C)c1ccccc1OCCNC(=O)[C@@H]1CCCN(S(=O)(=O)Cc2ccc(Cl)cc2Cl)C1. The summed E-state index contributed by atoms with van der Waals surface area (Å²) in [5.41, 5.74) is 1.62. The second-order valence-corrected chi connectivity index (χ2v) is 11.3. The minimum absolute atomic E-state index is 0.153. The topological polar surface area (TPSA) is 75.7 Å². The Morgan fingerprint density at radius 3 is 2.70 bits per heavy atom. The zero-order valence-electron chi connectivity index (χ0n) is 18.9. The number of rotatable bonds is 9. The summed E-state index contributed by atoms with van der Waals surface area (Å²) in [7, 11) is -3.61. The van der Waals surface area contributed by atoms with Gasteiger partial charge in [0, 0.05) is 23.1 Å². The molecule has 9 heteroatoms. The molecule has 2 aromatic rings. The monoisotopic (exact) mass is 512 g/mol. The molecule has 0 radical (unpaired) electrons. The Bertz CT molecular complexity index is 1080. The number of halogens is 2. The van der Waals surface area contributed by atoms with Gasteiger partial charge < -0.3 is 10.1 Å². The van der Waals surface area contributed by atoms with Gasteiger partial charge in [-0.25, -0.2) is 12.7 Å². The van der Waals surface area contributed by atoms with Crippen LogP contribution in [0.1, 0.15) is 43.7 Å². The number of sulfonamides is 1. The van der Waals surface area contributed by atoms with Crippen molar-refractivity contribution in [3.63, 3.8) is 0 Å². The summed E-state index contributed by atoms with van der Waals surface area (Å²) in [6.45, 7) is 5.47. The molecule has 1 atom stereocenters. The second kappa shape index (κ2) is 11.6. The van der Waals surface area contributed by atoms with Crippen LogP contribution in [0.25, 0.3) is 0 Å². The van der Waals surface area contributed by atoms with Gasteiger partial charge in [0.05, 0.1) is 18.2 Å². The lowest BCUT2D eigenvalue weighted by Gasteiger charge is -2.31. The lowest BCUT2D eigenvalue weighted by atomic mass is 9.99. The highest BCUT2D eigenvalue weighted by Gasteiger charge is 2.32. The van der Waals surface area contributed by atoms with Crippen molar-refractivity contribution in [2.24, 2.45) is 5.92 Å². The van der Waals surface area contributed by atoms with E-state index in [0.717, 1.165) is 11.3 Å². The summed E-state index contributed by atoms with van der Waals surface area (Å²) in [6.07, 6.45) is 1.28. The molecule has 0 bridgehead atoms. The average Bonchev–Trinajstić information content (AvgIpc) is 2.78. The van der Waals surface area contributed by atoms with E-state index in [1.165, 1.54) is 10.4 Å². The largest absolute Gasteiger partial charge is 0.491 e. The first-order chi connectivity index (χ1) is 15.7. The Morgan fingerprint density at radius 2 is 1.97 bits per heavy atom. The molecule has 1 amide bonds. The molecular weight excluding hydrogens is 483 g/mol. The number of carbonyl (C=O) groups is 1. The third-order valence-corrected chi connectivity index (χ3v) is 8.08. The van der Waals surface area contributed by atoms with Crippen LogP contribution in [0, 0.1) is 5.92 Å². The second-order valence-electron chi connectivity index (χ2n) is 8.52. The molecular formula is C24H30Cl2N2O4S. The van der Waals surface area contributed by atoms with Crippen LogP contribution < -0.4 is 10.1 Å². The zero-order valence-corrected chi connectivity index (χ0v) is 21.2. The Labute approximate surface area is 206 Å². The van der Waals surface area contributed by atoms with Crippen molar-refractivity contribution in [2.75, 3.05) is 26.2 Å². The third-order valence-electron chi connectivity index (χ3n) is 5.70. The van der Waals surface area contributed by atoms with Gasteiger partial charge in [0.25, 0.3) is 0 Å². The molecule has 1 fully saturated rings. The van der Waals surface area contributed by atoms with Crippen LogP contribution in [0.4, 0.5) is 0 Å². The molecule has 3 rings (SSSR count). The van der Waals surface area contributed by atoms with Crippen molar-refractivity contribution >= 4 is 39.1 Å². The molecule has 1 saturated heterocycles. The van der Waals surface area contributed by atoms with Gasteiger partial charge in [0.15, 0.2) is 0 Å². The fourth-order valence-corrected chi connectivity index (χ4v) is 6.10. The van der Waals surface area contributed by atoms with Crippen LogP contribution in [-0.2, 0) is 20.6 Å². The molecule has 180 valence electrons. The molecule has 2 aromatic carbocycles. The summed E-state index contributed by atoms with van der Waals surface area (Å²) in [5.74, 6) is 0.393. The summed E-state index contributed by atoms with van der Waals surface area (Å²) < 4.78 is 33.1. The number of piperidine rings is 1. The number of ether oxygens (including phenoxy) is 1. The number of benzene rings is 2. The van der Waals surface area contributed by atoms with E-state index < -0.39 is 15.9 Å². The molecule has 0 aromatic heterocycles. The molecule has 0 aliphatic carbocycles. The first kappa shape index (κ1) is 25.8. The van der Waals surface area contributed by atoms with Crippen molar-refractivity contribution in [3.8, 4) is 5.75 Å². The maximum Gasteiger partial charge on any atom is 0.224 e. The maximum absolute atomic E-state index is 12.9. The minimum Gasteiger partial charge on any atom is -0.491 e. The Balaban J connectivity index is 1.52. The van der Waals surface area contributed by atoms with Crippen molar-refractivity contribution in [2.45, 2.75) is 38.4 Å². The zero-order chi connectivity index (χ0) is 24.0. The highest BCUT2D eigenvalue weighted by molar-refractivity contribution is 7.88. The molecule has 1 N–H and O–H groups in total. The van der Waals surface area contributed by atoms with E-state index in [0.29, 0.717) is 54.1 Å². The number of hydrogen-bond donors (Lipinski definition) is 1. The van der Waals surface area contributed by atoms with E-state index >= 15 is 0 Å². The van der Waals surface area contributed by atoms with Crippen molar-refractivity contribution in [3.05, 3.63) is 63.6 Å². The molecule has 1 aliphatic heterocycles. The summed E-state index contributed by atoms with van der Waals surface area (Å²) >= 11 is 12.1. The highest BCUT2D eigenvalue weighted by Crippen LogP contribution is 2.27. The van der Waals surface area contributed by atoms with Crippen LogP contribution in [0.2, 0.25) is 10.0 Å². The predicted octanol–water partition coefficient (Wildman–Crippen LogP) is 4.85. The molecule has 1 aliphatic rings. The van der Waals surface area contributed by atoms with Crippen molar-refractivity contribution in [1.82, 2.24) is 9.62 Å². The van der Waals surface area contributed by atoms with E-state index in [1.807, 2.05) is 24.3 Å². The van der Waals surface area contributed by atoms with Crippen LogP contribution in [0.15, 0.2) is 42.5 Å². The standard InChI is InChI=1S/C24H30Cl2N2O4S/c1-17(2)21-7-3-4-8-23(21)32-13-11-27-24(29)18-6-5-12-28(15-18)33(30,31)16-19-9-10-20(25)14-22(19)26/h3-4,7-10,14,17-18H,5-6,11-13,15-16H2,1-2H3,(H,27,29)/t18-/m1/s1. The lowest BCUT2D eigenvalue weighted by molar-refractivity contribution is -0.126. The fourth-order valence-electron chi connectivity index (χ4n) is 3.90. The predicted molar refractivity (Wildman–Crippen MR) is 132 cm³/mol. The van der Waals surface area contributed by atoms with Gasteiger partial charge in [-0.1, -0.05) is 61.3 Å². The first-order valence-electron chi connectivity index (χ1n) is 11.1. The molecule has 1 heterocycles. The van der Waals surface area contributed by atoms with Crippen molar-refractivity contribution in [1.29, 1.82) is 0 Å². The quantitative estimate of drug-likeness (QED) is 0.487. The molecule has 33 heavy (non-hydrogen) atoms. The third kappa shape index (κ3) is 7.09. The Kier molecular flexibility index (Phi) is 9.04. The Hall–Kier alpha value is -1.80. The molecule has 0 saturated carbocycles. The normalized spacial score (nSPS) is 17.2. The maximum atomic E-state index is 12.9. The smallest absolute Gasteiger partial charge is 0.224 e. The van der Waals surface area contributed by atoms with Gasteiger partial charge in [-0.3, -0.25) is 4.79 Å². The summed E-state index contributed by atoms with van der Waals surface area (Å²) in [6, 6.07) is 12.6. The Morgan fingerprint density at radius 1 is 1.21 bits per heavy atom. The number of hydrogen-bond acceptors (Lipinski definition) is 4. The lowest BCUT2D eigenvalue weighted by Crippen LogP contribution is -2.46. The van der Waals surface area contributed by atoms with Gasteiger partial charge in [-0.2, -0.15) is 0 Å². The highest BCUT2D eigenvalue weighted by atomic mass is 35.5. The van der Waals surface area contributed by atoms with Gasteiger partial charge in [0.2, 0.25) is 15.9 Å². The van der Waals surface area contributed by atoms with Crippen LogP contribution in [0.3, 0.4) is 0 Å². The average molecular weight is 513 g/mol. The van der Waals surface area contributed by atoms with E-state index in [9.17, 15) is 13.2 Å². The van der Waals surface area contributed by atoms with Gasteiger partial charge >= 0.3 is 0 Å². The van der Waals surface area contributed by atoms with Crippen LogP contribution >= 0.6 is 23.2 Å². The van der Waals surface area contributed by atoms with E-state index in [-0.39, 0.29) is 18.2 Å². The number of amides is 1. The van der Waals surface area contributed by atoms with Crippen LogP contribution in [0.5, 0.6) is 5.75 Å². The molecule has 6 nitrogen and oxygen atoms in total. The molecule has 0 spiro atoms. The summed E-state index contributed by atoms with van der Waals surface area (Å²) in [5, 5.41) is 3.65. The van der Waals surface area contributed by atoms with Crippen molar-refractivity contribution < 1.29 is 17.9 Å². The number of para-hydroxylation sites is 1. The molecule has 0 unspecified atom stereocenters. The number of nitrogens with zero attached hydrogens (tertiary/aromatic N) is 1. The first-order valence-corrected chi connectivity index (χ1v) is 13.4. The number of carbonyl (C=O) groups excluding carboxylic acids is 1. The van der Waals surface area contributed by atoms with E-state index in [1.54, 1.807) is 12.1 Å². The van der Waals surface area contributed by atoms with Gasteiger partial charge in [0.1, 0.15) is 12.4 Å². The van der Waals surface area contributed by atoms with E-state index in [4.69, 9.17) is 27.9 Å². The fraction of sp³-hybridized carbons (Fsp3) is 0.458. The van der Waals surface area contributed by atoms with Gasteiger partial charge in [-0.05, 0) is 48.1 Å². The minimum atomic E-state index is -3.61. The van der Waals surface area contributed by atoms with Crippen LogP contribution in [-0.4, -0.2) is 44.9 Å². The van der Waals surface area contributed by atoms with E-state index in [2.05, 4.69) is 19.2 Å². The number of nitrogens with one attached hydrogen (secondary N) is 1.